The molecule has 1 aliphatic rings. The van der Waals surface area contributed by atoms with Crippen molar-refractivity contribution in [2.45, 2.75) is 32.5 Å². The van der Waals surface area contributed by atoms with Gasteiger partial charge in [0, 0.05) is 31.5 Å². The Morgan fingerprint density at radius 2 is 1.77 bits per heavy atom. The van der Waals surface area contributed by atoms with Crippen LogP contribution in [0.15, 0.2) is 54.6 Å². The third-order valence-corrected chi connectivity index (χ3v) is 5.41. The van der Waals surface area contributed by atoms with Crippen molar-refractivity contribution in [3.63, 3.8) is 0 Å². The number of benzene rings is 2. The van der Waals surface area contributed by atoms with Gasteiger partial charge >= 0.3 is 6.18 Å². The molecule has 0 saturated carbocycles. The van der Waals surface area contributed by atoms with Crippen LogP contribution in [0.3, 0.4) is 0 Å². The van der Waals surface area contributed by atoms with Crippen LogP contribution in [0.5, 0.6) is 0 Å². The van der Waals surface area contributed by atoms with Crippen molar-refractivity contribution < 1.29 is 22.8 Å². The summed E-state index contributed by atoms with van der Waals surface area (Å²) >= 11 is 0. The van der Waals surface area contributed by atoms with Crippen molar-refractivity contribution in [3.8, 4) is 0 Å². The molecule has 0 radical (unpaired) electrons. The predicted molar refractivity (Wildman–Crippen MR) is 107 cm³/mol. The number of nitrogens with one attached hydrogen (secondary N) is 1. The molecule has 0 bridgehead atoms. The van der Waals surface area contributed by atoms with Gasteiger partial charge in [0.25, 0.3) is 0 Å². The van der Waals surface area contributed by atoms with Gasteiger partial charge in [0.2, 0.25) is 11.8 Å². The van der Waals surface area contributed by atoms with E-state index in [2.05, 4.69) is 5.32 Å². The highest BCUT2D eigenvalue weighted by Crippen LogP contribution is 2.37. The largest absolute Gasteiger partial charge is 0.416 e. The summed E-state index contributed by atoms with van der Waals surface area (Å²) in [4.78, 5) is 27.0. The van der Waals surface area contributed by atoms with Gasteiger partial charge < -0.3 is 10.2 Å². The molecular formula is C23H25F3N2O2. The zero-order valence-electron chi connectivity index (χ0n) is 16.9. The quantitative estimate of drug-likeness (QED) is 0.791. The lowest BCUT2D eigenvalue weighted by Gasteiger charge is -2.19. The molecule has 2 aromatic carbocycles. The molecule has 2 aromatic rings. The normalized spacial score (nSPS) is 19.2. The molecular weight excluding hydrogens is 393 g/mol. The molecule has 1 N–H and O–H groups in total. The van der Waals surface area contributed by atoms with Gasteiger partial charge in [-0.1, -0.05) is 62.4 Å². The van der Waals surface area contributed by atoms with E-state index in [0.29, 0.717) is 12.1 Å². The van der Waals surface area contributed by atoms with Crippen LogP contribution in [0.2, 0.25) is 0 Å². The first-order valence-corrected chi connectivity index (χ1v) is 9.94. The van der Waals surface area contributed by atoms with Crippen LogP contribution >= 0.6 is 0 Å². The molecule has 4 nitrogen and oxygen atoms in total. The first kappa shape index (κ1) is 21.9. The third kappa shape index (κ3) is 5.01. The Bertz CT molecular complexity index is 897. The Kier molecular flexibility index (Phi) is 6.48. The highest BCUT2D eigenvalue weighted by Gasteiger charge is 2.41. The van der Waals surface area contributed by atoms with Crippen LogP contribution in [0.4, 0.5) is 13.2 Å². The molecule has 0 spiro atoms. The number of amides is 2. The van der Waals surface area contributed by atoms with Crippen molar-refractivity contribution in [1.82, 2.24) is 10.2 Å². The van der Waals surface area contributed by atoms with Crippen LogP contribution in [0, 0.1) is 11.8 Å². The molecule has 0 aliphatic carbocycles. The first-order chi connectivity index (χ1) is 14.2. The molecule has 2 amide bonds. The molecule has 30 heavy (non-hydrogen) atoms. The highest BCUT2D eigenvalue weighted by atomic mass is 19.4. The summed E-state index contributed by atoms with van der Waals surface area (Å²) in [6.07, 6.45) is -4.47. The molecule has 2 atom stereocenters. The van der Waals surface area contributed by atoms with Gasteiger partial charge in [-0.2, -0.15) is 13.2 Å². The molecule has 1 heterocycles. The summed E-state index contributed by atoms with van der Waals surface area (Å²) < 4.78 is 39.6. The molecule has 0 unspecified atom stereocenters. The Hall–Kier alpha value is -2.83. The summed E-state index contributed by atoms with van der Waals surface area (Å²) in [5.74, 6) is -1.73. The SMILES string of the molecule is CC(C)C(=O)N1C[C@H](C(=O)NCc2ccccc2)[C@H](c2cccc(C(F)(F)F)c2)C1. The molecule has 1 saturated heterocycles. The monoisotopic (exact) mass is 418 g/mol. The number of hydrogen-bond acceptors (Lipinski definition) is 2. The second-order valence-electron chi connectivity index (χ2n) is 7.94. The molecule has 160 valence electrons. The predicted octanol–water partition coefficient (Wildman–Crippen LogP) is 4.22. The Balaban J connectivity index is 1.84. The Morgan fingerprint density at radius 1 is 1.07 bits per heavy atom. The number of carbonyl (C=O) groups is 2. The number of alkyl halides is 3. The van der Waals surface area contributed by atoms with Gasteiger partial charge in [0.1, 0.15) is 0 Å². The number of halogens is 3. The van der Waals surface area contributed by atoms with E-state index < -0.39 is 23.6 Å². The number of likely N-dealkylation sites (tertiary alicyclic amines) is 1. The van der Waals surface area contributed by atoms with E-state index >= 15 is 0 Å². The lowest BCUT2D eigenvalue weighted by Crippen LogP contribution is -2.36. The maximum atomic E-state index is 13.2. The molecule has 3 rings (SSSR count). The molecule has 1 aliphatic heterocycles. The smallest absolute Gasteiger partial charge is 0.352 e. The van der Waals surface area contributed by atoms with Crippen LogP contribution in [-0.4, -0.2) is 29.8 Å². The third-order valence-electron chi connectivity index (χ3n) is 5.41. The molecule has 7 heteroatoms. The lowest BCUT2D eigenvalue weighted by molar-refractivity contribution is -0.137. The maximum Gasteiger partial charge on any atom is 0.416 e. The van der Waals surface area contributed by atoms with Gasteiger partial charge in [-0.3, -0.25) is 9.59 Å². The minimum Gasteiger partial charge on any atom is -0.352 e. The summed E-state index contributed by atoms with van der Waals surface area (Å²) in [6, 6.07) is 14.4. The summed E-state index contributed by atoms with van der Waals surface area (Å²) in [5.41, 5.74) is 0.593. The van der Waals surface area contributed by atoms with Crippen LogP contribution in [-0.2, 0) is 22.3 Å². The van der Waals surface area contributed by atoms with Gasteiger partial charge in [-0.05, 0) is 17.2 Å². The minimum absolute atomic E-state index is 0.106. The zero-order chi connectivity index (χ0) is 21.9. The average Bonchev–Trinajstić information content (AvgIpc) is 3.17. The van der Waals surface area contributed by atoms with Crippen LogP contribution in [0.25, 0.3) is 0 Å². The van der Waals surface area contributed by atoms with E-state index in [0.717, 1.165) is 17.7 Å². The first-order valence-electron chi connectivity index (χ1n) is 9.94. The van der Waals surface area contributed by atoms with Crippen molar-refractivity contribution in [1.29, 1.82) is 0 Å². The Labute approximate surface area is 174 Å². The van der Waals surface area contributed by atoms with E-state index in [1.165, 1.54) is 6.07 Å². The van der Waals surface area contributed by atoms with Crippen molar-refractivity contribution in [2.24, 2.45) is 11.8 Å². The minimum atomic E-state index is -4.47. The number of hydrogen-bond donors (Lipinski definition) is 1. The fourth-order valence-corrected chi connectivity index (χ4v) is 3.81. The van der Waals surface area contributed by atoms with E-state index in [1.54, 1.807) is 24.8 Å². The zero-order valence-corrected chi connectivity index (χ0v) is 16.9. The van der Waals surface area contributed by atoms with Crippen molar-refractivity contribution in [2.75, 3.05) is 13.1 Å². The topological polar surface area (TPSA) is 49.4 Å². The van der Waals surface area contributed by atoms with Gasteiger partial charge in [-0.25, -0.2) is 0 Å². The number of nitrogens with zero attached hydrogens (tertiary/aromatic N) is 1. The fourth-order valence-electron chi connectivity index (χ4n) is 3.81. The highest BCUT2D eigenvalue weighted by molar-refractivity contribution is 5.84. The van der Waals surface area contributed by atoms with Gasteiger partial charge in [-0.15, -0.1) is 0 Å². The number of carbonyl (C=O) groups excluding carboxylic acids is 2. The van der Waals surface area contributed by atoms with Crippen LogP contribution < -0.4 is 5.32 Å². The molecule has 0 aromatic heterocycles. The van der Waals surface area contributed by atoms with Gasteiger partial charge in [0.15, 0.2) is 0 Å². The van der Waals surface area contributed by atoms with Crippen molar-refractivity contribution in [3.05, 3.63) is 71.3 Å². The molecule has 1 fully saturated rings. The lowest BCUT2D eigenvalue weighted by atomic mass is 9.87. The summed E-state index contributed by atoms with van der Waals surface area (Å²) in [7, 11) is 0. The standard InChI is InChI=1S/C23H25F3N2O2/c1-15(2)22(30)28-13-19(17-9-6-10-18(11-17)23(24,25)26)20(14-28)21(29)27-12-16-7-4-3-5-8-16/h3-11,15,19-20H,12-14H2,1-2H3,(H,27,29)/t19-,20-/m0/s1. The van der Waals surface area contributed by atoms with Crippen LogP contribution in [0.1, 0.15) is 36.5 Å². The second-order valence-corrected chi connectivity index (χ2v) is 7.94. The van der Waals surface area contributed by atoms with E-state index in [1.807, 2.05) is 30.3 Å². The van der Waals surface area contributed by atoms with E-state index in [9.17, 15) is 22.8 Å². The second kappa shape index (κ2) is 8.90. The average molecular weight is 418 g/mol. The van der Waals surface area contributed by atoms with E-state index in [4.69, 9.17) is 0 Å². The van der Waals surface area contributed by atoms with Gasteiger partial charge in [0.05, 0.1) is 11.5 Å². The summed E-state index contributed by atoms with van der Waals surface area (Å²) in [5, 5.41) is 2.88. The Morgan fingerprint density at radius 3 is 2.40 bits per heavy atom. The van der Waals surface area contributed by atoms with Crippen molar-refractivity contribution >= 4 is 11.8 Å². The fraction of sp³-hybridized carbons (Fsp3) is 0.391. The summed E-state index contributed by atoms with van der Waals surface area (Å²) in [6.45, 7) is 4.28. The maximum absolute atomic E-state index is 13.2. The van der Waals surface area contributed by atoms with E-state index in [-0.39, 0.29) is 30.8 Å². The number of rotatable bonds is 5.